The van der Waals surface area contributed by atoms with Crippen molar-refractivity contribution in [2.24, 2.45) is 4.99 Å². The van der Waals surface area contributed by atoms with Crippen LogP contribution in [0, 0.1) is 0 Å². The summed E-state index contributed by atoms with van der Waals surface area (Å²) in [7, 11) is 1.54. The molecule has 0 atom stereocenters. The van der Waals surface area contributed by atoms with Crippen molar-refractivity contribution in [2.75, 3.05) is 7.11 Å². The first kappa shape index (κ1) is 10.6. The van der Waals surface area contributed by atoms with Crippen molar-refractivity contribution in [1.82, 2.24) is 0 Å². The van der Waals surface area contributed by atoms with Crippen molar-refractivity contribution < 1.29 is 4.74 Å². The smallest absolute Gasteiger partial charge is 0.215 e. The lowest BCUT2D eigenvalue weighted by Crippen LogP contribution is -1.95. The topological polar surface area (TPSA) is 21.6 Å². The number of hydrogen-bond acceptors (Lipinski definition) is 2. The molecule has 0 spiro atoms. The normalized spacial score (nSPS) is 17.8. The van der Waals surface area contributed by atoms with Crippen molar-refractivity contribution in [3.05, 3.63) is 21.8 Å². The van der Waals surface area contributed by atoms with Crippen LogP contribution in [0.2, 0.25) is 0 Å². The predicted molar refractivity (Wildman–Crippen MR) is 56.2 cm³/mol. The molecule has 1 aliphatic rings. The summed E-state index contributed by atoms with van der Waals surface area (Å²) in [5.41, 5.74) is 1.04. The van der Waals surface area contributed by atoms with Crippen LogP contribution >= 0.6 is 23.2 Å². The molecule has 0 aromatic heterocycles. The van der Waals surface area contributed by atoms with E-state index < -0.39 is 0 Å². The van der Waals surface area contributed by atoms with Gasteiger partial charge in [0.1, 0.15) is 5.16 Å². The fourth-order valence-corrected chi connectivity index (χ4v) is 1.58. The highest BCUT2D eigenvalue weighted by Crippen LogP contribution is 2.26. The molecule has 0 saturated carbocycles. The number of rotatable bonds is 1. The summed E-state index contributed by atoms with van der Waals surface area (Å²) in [6.07, 6.45) is 3.20. The maximum absolute atomic E-state index is 5.95. The highest BCUT2D eigenvalue weighted by Gasteiger charge is 2.10. The van der Waals surface area contributed by atoms with Crippen molar-refractivity contribution in [3.8, 4) is 0 Å². The second-order valence-electron chi connectivity index (χ2n) is 2.67. The van der Waals surface area contributed by atoms with Gasteiger partial charge < -0.3 is 4.74 Å². The average Bonchev–Trinajstić information content (AvgIpc) is 2.25. The number of methoxy groups -OCH3 is 1. The van der Waals surface area contributed by atoms with Crippen molar-refractivity contribution in [1.29, 1.82) is 0 Å². The van der Waals surface area contributed by atoms with Crippen LogP contribution in [-0.2, 0) is 4.74 Å². The number of hydrogen-bond donors (Lipinski definition) is 0. The lowest BCUT2D eigenvalue weighted by Gasteiger charge is -2.00. The molecule has 0 N–H and O–H groups in total. The van der Waals surface area contributed by atoms with Crippen LogP contribution in [0.15, 0.2) is 26.8 Å². The lowest BCUT2D eigenvalue weighted by atomic mass is 10.1. The van der Waals surface area contributed by atoms with Gasteiger partial charge in [-0.15, -0.1) is 0 Å². The van der Waals surface area contributed by atoms with Crippen molar-refractivity contribution >= 4 is 29.1 Å². The standard InChI is InChI=1S/C9H11Cl2NO/c1-3-6-4-7(10)5-8(13-2)12-9(6)11/h5H,3-4H2,1-2H3. The number of aliphatic imine (C=N–C) groups is 1. The minimum atomic E-state index is 0.457. The molecule has 0 amide bonds. The second-order valence-corrected chi connectivity index (χ2v) is 3.51. The molecule has 0 aliphatic carbocycles. The van der Waals surface area contributed by atoms with Gasteiger partial charge in [0.15, 0.2) is 0 Å². The zero-order chi connectivity index (χ0) is 9.84. The molecule has 1 aliphatic heterocycles. The van der Waals surface area contributed by atoms with Gasteiger partial charge in [-0.1, -0.05) is 30.1 Å². The summed E-state index contributed by atoms with van der Waals surface area (Å²) < 4.78 is 4.98. The molecule has 2 nitrogen and oxygen atoms in total. The Labute approximate surface area is 87.9 Å². The van der Waals surface area contributed by atoms with Gasteiger partial charge in [-0.25, -0.2) is 4.99 Å². The summed E-state index contributed by atoms with van der Waals surface area (Å²) in [6.45, 7) is 2.02. The van der Waals surface area contributed by atoms with E-state index in [1.165, 1.54) is 0 Å². The van der Waals surface area contributed by atoms with Crippen LogP contribution in [0.3, 0.4) is 0 Å². The average molecular weight is 220 g/mol. The Morgan fingerprint density at radius 1 is 1.54 bits per heavy atom. The SMILES string of the molecule is CCC1=C(Cl)N=C(OC)C=C(Cl)C1. The molecule has 0 fully saturated rings. The minimum Gasteiger partial charge on any atom is -0.481 e. The van der Waals surface area contributed by atoms with Gasteiger partial charge in [-0.3, -0.25) is 0 Å². The van der Waals surface area contributed by atoms with Crippen LogP contribution < -0.4 is 0 Å². The summed E-state index contributed by atoms with van der Waals surface area (Å²) in [5, 5.41) is 1.19. The predicted octanol–water partition coefficient (Wildman–Crippen LogP) is 3.42. The lowest BCUT2D eigenvalue weighted by molar-refractivity contribution is 0.407. The first-order valence-electron chi connectivity index (χ1n) is 4.03. The molecule has 0 radical (unpaired) electrons. The van der Waals surface area contributed by atoms with E-state index in [0.717, 1.165) is 12.0 Å². The Balaban J connectivity index is 3.03. The van der Waals surface area contributed by atoms with E-state index in [0.29, 0.717) is 22.5 Å². The zero-order valence-corrected chi connectivity index (χ0v) is 9.11. The van der Waals surface area contributed by atoms with Gasteiger partial charge in [0, 0.05) is 17.5 Å². The Bertz CT molecular complexity index is 292. The van der Waals surface area contributed by atoms with Gasteiger partial charge in [0.2, 0.25) is 5.90 Å². The number of nitrogens with zero attached hydrogens (tertiary/aromatic N) is 1. The zero-order valence-electron chi connectivity index (χ0n) is 7.60. The molecule has 0 bridgehead atoms. The van der Waals surface area contributed by atoms with Gasteiger partial charge in [-0.05, 0) is 12.0 Å². The van der Waals surface area contributed by atoms with E-state index >= 15 is 0 Å². The van der Waals surface area contributed by atoms with Crippen LogP contribution in [0.25, 0.3) is 0 Å². The molecular weight excluding hydrogens is 209 g/mol. The number of allylic oxidation sites excluding steroid dienone is 2. The largest absolute Gasteiger partial charge is 0.481 e. The number of ether oxygens (including phenoxy) is 1. The molecule has 0 aromatic carbocycles. The Kier molecular flexibility index (Phi) is 3.82. The Morgan fingerprint density at radius 2 is 2.23 bits per heavy atom. The van der Waals surface area contributed by atoms with Gasteiger partial charge >= 0.3 is 0 Å². The molecule has 0 unspecified atom stereocenters. The second kappa shape index (κ2) is 4.68. The third-order valence-electron chi connectivity index (χ3n) is 1.80. The third kappa shape index (κ3) is 2.75. The van der Waals surface area contributed by atoms with Gasteiger partial charge in [-0.2, -0.15) is 0 Å². The van der Waals surface area contributed by atoms with Gasteiger partial charge in [0.25, 0.3) is 0 Å². The first-order chi connectivity index (χ1) is 6.17. The molecule has 4 heteroatoms. The van der Waals surface area contributed by atoms with E-state index in [2.05, 4.69) is 4.99 Å². The van der Waals surface area contributed by atoms with Crippen LogP contribution in [0.5, 0.6) is 0 Å². The fraction of sp³-hybridized carbons (Fsp3) is 0.444. The molecule has 13 heavy (non-hydrogen) atoms. The molecular formula is C9H11Cl2NO. The molecule has 72 valence electrons. The molecule has 1 heterocycles. The fourth-order valence-electron chi connectivity index (χ4n) is 1.05. The Hall–Kier alpha value is -0.470. The summed E-state index contributed by atoms with van der Waals surface area (Å²) in [4.78, 5) is 4.08. The minimum absolute atomic E-state index is 0.457. The number of halogens is 2. The van der Waals surface area contributed by atoms with Gasteiger partial charge in [0.05, 0.1) is 7.11 Å². The van der Waals surface area contributed by atoms with E-state index in [1.807, 2.05) is 6.92 Å². The summed E-state index contributed by atoms with van der Waals surface area (Å²) in [6, 6.07) is 0. The Morgan fingerprint density at radius 3 is 2.77 bits per heavy atom. The first-order valence-corrected chi connectivity index (χ1v) is 4.79. The van der Waals surface area contributed by atoms with E-state index in [9.17, 15) is 0 Å². The maximum atomic E-state index is 5.95. The van der Waals surface area contributed by atoms with Crippen molar-refractivity contribution in [2.45, 2.75) is 19.8 Å². The van der Waals surface area contributed by atoms with Crippen LogP contribution in [0.1, 0.15) is 19.8 Å². The maximum Gasteiger partial charge on any atom is 0.215 e. The summed E-state index contributed by atoms with van der Waals surface area (Å²) in [5.74, 6) is 0.457. The summed E-state index contributed by atoms with van der Waals surface area (Å²) >= 11 is 11.9. The van der Waals surface area contributed by atoms with E-state index in [4.69, 9.17) is 27.9 Å². The molecule has 0 saturated heterocycles. The highest BCUT2D eigenvalue weighted by molar-refractivity contribution is 6.33. The monoisotopic (exact) mass is 219 g/mol. The highest BCUT2D eigenvalue weighted by atomic mass is 35.5. The molecule has 1 rings (SSSR count). The van der Waals surface area contributed by atoms with E-state index in [1.54, 1.807) is 13.2 Å². The molecule has 0 aromatic rings. The van der Waals surface area contributed by atoms with Crippen molar-refractivity contribution in [3.63, 3.8) is 0 Å². The van der Waals surface area contributed by atoms with E-state index in [-0.39, 0.29) is 0 Å². The third-order valence-corrected chi connectivity index (χ3v) is 2.39. The quantitative estimate of drug-likeness (QED) is 0.620. The van der Waals surface area contributed by atoms with Crippen LogP contribution in [0.4, 0.5) is 0 Å². The van der Waals surface area contributed by atoms with Crippen LogP contribution in [-0.4, -0.2) is 13.0 Å².